The normalized spacial score (nSPS) is 15.6. The molecule has 2 unspecified atom stereocenters. The second-order valence-corrected chi connectivity index (χ2v) is 29.1. The SMILES string of the molecule is C=C(C)C(=O)OCCN1CCN(C(=O)C(CC(C)C)N2C(=O)c3cc(Oc4ccc(Cl)cc4)c4c5c(Oc6ccc(Cl)cc6)cc6c7c(cc(Oc8ccc(Cl)cc8)c(c8c(Oc9ccc(Cl)cc9)cc(c3c48)C2=O)c75)C(=O)N(C(CC(C)C)C(=O)N2CCN(CCOC(=O)C(=C)C)CC2)C6=O)CC1. The molecule has 0 radical (unpaired) electrons. The molecule has 0 saturated carbocycles. The minimum Gasteiger partial charge on any atom is -0.461 e. The number of halogens is 4. The molecule has 0 spiro atoms. The van der Waals surface area contributed by atoms with Gasteiger partial charge in [0.05, 0.1) is 22.3 Å². The highest BCUT2D eigenvalue weighted by Crippen LogP contribution is 2.58. The molecule has 13 rings (SSSR count). The van der Waals surface area contributed by atoms with Crippen molar-refractivity contribution in [1.82, 2.24) is 29.4 Å². The van der Waals surface area contributed by atoms with Crippen LogP contribution in [0.1, 0.15) is 95.8 Å². The molecule has 9 aromatic rings. The lowest BCUT2D eigenvalue weighted by Gasteiger charge is -2.40. The molecule has 2 fully saturated rings. The first-order chi connectivity index (χ1) is 49.8. The summed E-state index contributed by atoms with van der Waals surface area (Å²) in [5, 5.41) is 3.12. The van der Waals surface area contributed by atoms with Crippen LogP contribution in [0.5, 0.6) is 46.0 Å². The Bertz CT molecular complexity index is 4440. The molecule has 2 saturated heterocycles. The van der Waals surface area contributed by atoms with Crippen LogP contribution in [0, 0.1) is 11.8 Å². The summed E-state index contributed by atoms with van der Waals surface area (Å²) in [5.41, 5.74) is 0.443. The molecule has 9 aromatic carbocycles. The lowest BCUT2D eigenvalue weighted by Crippen LogP contribution is -2.58. The van der Waals surface area contributed by atoms with Crippen molar-refractivity contribution in [2.24, 2.45) is 11.8 Å². The van der Waals surface area contributed by atoms with Gasteiger partial charge < -0.3 is 38.2 Å². The van der Waals surface area contributed by atoms with Crippen LogP contribution in [0.3, 0.4) is 0 Å². The molecule has 0 aliphatic carbocycles. The summed E-state index contributed by atoms with van der Waals surface area (Å²) < 4.78 is 39.3. The Morgan fingerprint density at radius 2 is 0.635 bits per heavy atom. The Morgan fingerprint density at radius 1 is 0.385 bits per heavy atom. The first-order valence-corrected chi connectivity index (χ1v) is 35.9. The second kappa shape index (κ2) is 30.1. The summed E-state index contributed by atoms with van der Waals surface area (Å²) in [7, 11) is 0. The van der Waals surface area contributed by atoms with Gasteiger partial charge in [-0.3, -0.25) is 48.4 Å². The Kier molecular flexibility index (Phi) is 21.0. The fraction of sp³-hybridized carbons (Fsp3) is 0.300. The van der Waals surface area contributed by atoms with Gasteiger partial charge in [0.15, 0.2) is 0 Å². The van der Waals surface area contributed by atoms with Gasteiger partial charge in [-0.1, -0.05) is 87.3 Å². The number of rotatable bonds is 24. The molecule has 2 atom stereocenters. The molecular formula is C80H74Cl4N6O14. The van der Waals surface area contributed by atoms with Gasteiger partial charge in [-0.15, -0.1) is 0 Å². The van der Waals surface area contributed by atoms with E-state index in [0.29, 0.717) is 59.4 Å². The van der Waals surface area contributed by atoms with E-state index in [4.69, 9.17) is 74.8 Å². The highest BCUT2D eigenvalue weighted by molar-refractivity contribution is 6.45. The van der Waals surface area contributed by atoms with Gasteiger partial charge >= 0.3 is 11.9 Å². The van der Waals surface area contributed by atoms with Crippen molar-refractivity contribution in [2.45, 2.75) is 66.5 Å². The molecule has 24 heteroatoms. The molecule has 4 aliphatic rings. The van der Waals surface area contributed by atoms with Crippen LogP contribution in [-0.4, -0.2) is 168 Å². The number of ether oxygens (including phenoxy) is 6. The summed E-state index contributed by atoms with van der Waals surface area (Å²) >= 11 is 26.2. The predicted molar refractivity (Wildman–Crippen MR) is 399 cm³/mol. The number of carbonyl (C=O) groups is 8. The number of fused-ring (bicyclic) bond motifs is 2. The minimum absolute atomic E-state index is 0.0169. The van der Waals surface area contributed by atoms with E-state index in [1.54, 1.807) is 121 Å². The van der Waals surface area contributed by atoms with E-state index in [1.807, 2.05) is 27.7 Å². The third-order valence-corrected chi connectivity index (χ3v) is 20.1. The third-order valence-electron chi connectivity index (χ3n) is 19.1. The number of esters is 2. The molecular weight excluding hydrogens is 1410 g/mol. The van der Waals surface area contributed by atoms with Crippen LogP contribution in [0.15, 0.2) is 146 Å². The number of amides is 6. The zero-order valence-electron chi connectivity index (χ0n) is 58.1. The van der Waals surface area contributed by atoms with E-state index in [9.17, 15) is 9.59 Å². The maximum atomic E-state index is 16.4. The first kappa shape index (κ1) is 72.5. The predicted octanol–water partition coefficient (Wildman–Crippen LogP) is 16.1. The van der Waals surface area contributed by atoms with Crippen LogP contribution >= 0.6 is 46.4 Å². The third kappa shape index (κ3) is 14.5. The van der Waals surface area contributed by atoms with Gasteiger partial charge in [-0.2, -0.15) is 0 Å². The summed E-state index contributed by atoms with van der Waals surface area (Å²) in [6, 6.07) is 29.7. The molecule has 4 aliphatic heterocycles. The molecule has 0 N–H and O–H groups in total. The smallest absolute Gasteiger partial charge is 0.333 e. The van der Waals surface area contributed by atoms with E-state index in [0.717, 1.165) is 9.80 Å². The van der Waals surface area contributed by atoms with Gasteiger partial charge in [0, 0.05) is 140 Å². The lowest BCUT2D eigenvalue weighted by molar-refractivity contribution is -0.141. The van der Waals surface area contributed by atoms with Gasteiger partial charge in [-0.05, 0) is 160 Å². The number of hydrogen-bond acceptors (Lipinski definition) is 16. The number of piperazine rings is 2. The number of carbonyl (C=O) groups excluding carboxylic acids is 8. The van der Waals surface area contributed by atoms with Crippen LogP contribution in [0.25, 0.3) is 43.1 Å². The van der Waals surface area contributed by atoms with Crippen LogP contribution < -0.4 is 18.9 Å². The van der Waals surface area contributed by atoms with Crippen molar-refractivity contribution in [3.63, 3.8) is 0 Å². The maximum absolute atomic E-state index is 16.4. The molecule has 536 valence electrons. The summed E-state index contributed by atoms with van der Waals surface area (Å²) in [6.07, 6.45) is 0.161. The Balaban J connectivity index is 1.06. The van der Waals surface area contributed by atoms with Crippen molar-refractivity contribution in [1.29, 1.82) is 0 Å². The van der Waals surface area contributed by atoms with E-state index in [1.165, 1.54) is 24.3 Å². The fourth-order valence-electron chi connectivity index (χ4n) is 14.1. The maximum Gasteiger partial charge on any atom is 0.333 e. The average Bonchev–Trinajstić information content (AvgIpc) is 0.671. The Hall–Kier alpha value is -9.80. The van der Waals surface area contributed by atoms with Gasteiger partial charge in [0.2, 0.25) is 11.8 Å². The molecule has 0 bridgehead atoms. The highest BCUT2D eigenvalue weighted by Gasteiger charge is 2.48. The zero-order valence-corrected chi connectivity index (χ0v) is 61.1. The lowest BCUT2D eigenvalue weighted by atomic mass is 9.80. The van der Waals surface area contributed by atoms with Crippen molar-refractivity contribution in [3.8, 4) is 46.0 Å². The van der Waals surface area contributed by atoms with E-state index < -0.39 is 59.5 Å². The quantitative estimate of drug-likeness (QED) is 0.0181. The fourth-order valence-corrected chi connectivity index (χ4v) is 14.6. The first-order valence-electron chi connectivity index (χ1n) is 34.3. The van der Waals surface area contributed by atoms with Gasteiger partial charge in [0.1, 0.15) is 71.3 Å². The largest absolute Gasteiger partial charge is 0.461 e. The van der Waals surface area contributed by atoms with Crippen molar-refractivity contribution < 1.29 is 66.8 Å². The highest BCUT2D eigenvalue weighted by atomic mass is 35.5. The topological polar surface area (TPSA) is 211 Å². The number of benzene rings is 9. The van der Waals surface area contributed by atoms with E-state index >= 15 is 28.8 Å². The number of hydrogen-bond donors (Lipinski definition) is 0. The van der Waals surface area contributed by atoms with Crippen LogP contribution in [0.2, 0.25) is 20.1 Å². The van der Waals surface area contributed by atoms with Gasteiger partial charge in [-0.25, -0.2) is 9.59 Å². The molecule has 4 heterocycles. The van der Waals surface area contributed by atoms with Crippen molar-refractivity contribution in [2.75, 3.05) is 78.7 Å². The van der Waals surface area contributed by atoms with Crippen LogP contribution in [0.4, 0.5) is 0 Å². The van der Waals surface area contributed by atoms with Crippen molar-refractivity contribution >= 4 is 137 Å². The van der Waals surface area contributed by atoms with Crippen molar-refractivity contribution in [3.05, 3.63) is 188 Å². The number of nitrogens with zero attached hydrogens (tertiary/aromatic N) is 6. The Morgan fingerprint density at radius 3 is 0.865 bits per heavy atom. The summed E-state index contributed by atoms with van der Waals surface area (Å²) in [6.45, 7) is 21.8. The monoisotopic (exact) mass is 1480 g/mol. The molecule has 20 nitrogen and oxygen atoms in total. The molecule has 6 amide bonds. The Labute approximate surface area is 620 Å². The minimum atomic E-state index is -1.32. The average molecular weight is 1490 g/mol. The van der Waals surface area contributed by atoms with Gasteiger partial charge in [0.25, 0.3) is 23.6 Å². The molecule has 104 heavy (non-hydrogen) atoms. The van der Waals surface area contributed by atoms with Crippen LogP contribution in [-0.2, 0) is 28.7 Å². The second-order valence-electron chi connectivity index (χ2n) is 27.3. The molecule has 0 aromatic heterocycles. The standard InChI is InChI=1S/C80H74Cl4N6O14/c1-43(2)37-59(77(95)87-29-25-85(26-30-87)33-35-99-79(97)45(5)6)89-73(91)55-39-61(101-51-17-9-47(81)10-18-51)67-69-63(103-53-21-13-49(83)14-22-53)41-57-66-58(76(94)90(75(57)93)60(38-44(3)4)78(96)88-31-27-86(28-32-88)34-36-100-80(98)46(7)8)42-64(104-54-23-15-50(84)16-24-54)70(72(66)69)68-62(102-52-19-11-48(82)12-20-52)40-56(74(89)92)65(55)71(67)68/h9-24,39-44,59-60H,5,7,25-38H2,1-4,6,8H3. The summed E-state index contributed by atoms with van der Waals surface area (Å²) in [4.78, 5) is 130. The number of imide groups is 2. The van der Waals surface area contributed by atoms with E-state index in [2.05, 4.69) is 23.0 Å². The van der Waals surface area contributed by atoms with E-state index in [-0.39, 0.29) is 187 Å². The summed E-state index contributed by atoms with van der Waals surface area (Å²) in [5.74, 6) is -4.50. The zero-order chi connectivity index (χ0) is 73.7.